The molecule has 1 saturated carbocycles. The van der Waals surface area contributed by atoms with Crippen LogP contribution in [0.15, 0.2) is 30.5 Å². The Labute approximate surface area is 154 Å². The Bertz CT molecular complexity index is 782. The van der Waals surface area contributed by atoms with Crippen LogP contribution in [0.3, 0.4) is 0 Å². The number of amides is 1. The molecule has 5 nitrogen and oxygen atoms in total. The second-order valence-electron chi connectivity index (χ2n) is 7.55. The molecule has 1 fully saturated rings. The van der Waals surface area contributed by atoms with Gasteiger partial charge in [-0.25, -0.2) is 0 Å². The molecule has 140 valence electrons. The van der Waals surface area contributed by atoms with Crippen molar-refractivity contribution in [2.75, 3.05) is 0 Å². The van der Waals surface area contributed by atoms with E-state index in [1.54, 1.807) is 6.92 Å². The Balaban J connectivity index is 1.54. The maximum absolute atomic E-state index is 12.4. The largest absolute Gasteiger partial charge is 0.452 e. The van der Waals surface area contributed by atoms with E-state index in [0.29, 0.717) is 11.8 Å². The fraction of sp³-hybridized carbons (Fsp3) is 0.524. The maximum Gasteiger partial charge on any atom is 0.311 e. The molecule has 4 atom stereocenters. The number of aromatic amines is 1. The van der Waals surface area contributed by atoms with E-state index in [0.717, 1.165) is 29.3 Å². The Morgan fingerprint density at radius 1 is 1.27 bits per heavy atom. The van der Waals surface area contributed by atoms with Gasteiger partial charge in [-0.3, -0.25) is 9.59 Å². The Kier molecular flexibility index (Phi) is 5.64. The predicted octanol–water partition coefficient (Wildman–Crippen LogP) is 3.58. The SMILES string of the molecule is C[C@H]1[C@@H](NC(=O)[C@@H](C)OC(=O)Cc2c[nH]c3ccccc23)CCC[C@@H]1C. The van der Waals surface area contributed by atoms with Gasteiger partial charge in [-0.15, -0.1) is 0 Å². The van der Waals surface area contributed by atoms with Crippen LogP contribution in [0.5, 0.6) is 0 Å². The first-order chi connectivity index (χ1) is 12.5. The quantitative estimate of drug-likeness (QED) is 0.805. The molecule has 0 aliphatic heterocycles. The molecule has 0 saturated heterocycles. The van der Waals surface area contributed by atoms with Gasteiger partial charge in [0.2, 0.25) is 0 Å². The number of carbonyl (C=O) groups is 2. The predicted molar refractivity (Wildman–Crippen MR) is 102 cm³/mol. The summed E-state index contributed by atoms with van der Waals surface area (Å²) in [7, 11) is 0. The second kappa shape index (κ2) is 7.94. The number of ether oxygens (including phenoxy) is 1. The van der Waals surface area contributed by atoms with Crippen molar-refractivity contribution in [3.63, 3.8) is 0 Å². The molecule has 0 bridgehead atoms. The summed E-state index contributed by atoms with van der Waals surface area (Å²) in [5, 5.41) is 4.08. The van der Waals surface area contributed by atoms with Crippen LogP contribution in [0.4, 0.5) is 0 Å². The molecule has 5 heteroatoms. The number of esters is 1. The molecule has 1 aromatic carbocycles. The van der Waals surface area contributed by atoms with Gasteiger partial charge in [0.15, 0.2) is 6.10 Å². The number of aromatic nitrogens is 1. The molecule has 1 amide bonds. The van der Waals surface area contributed by atoms with Crippen molar-refractivity contribution in [3.8, 4) is 0 Å². The van der Waals surface area contributed by atoms with E-state index >= 15 is 0 Å². The lowest BCUT2D eigenvalue weighted by Crippen LogP contribution is -2.47. The molecule has 0 spiro atoms. The van der Waals surface area contributed by atoms with Gasteiger partial charge in [0.25, 0.3) is 5.91 Å². The molecule has 0 radical (unpaired) electrons. The zero-order chi connectivity index (χ0) is 18.7. The number of fused-ring (bicyclic) bond motifs is 1. The number of nitrogens with one attached hydrogen (secondary N) is 2. The van der Waals surface area contributed by atoms with Crippen molar-refractivity contribution in [1.82, 2.24) is 10.3 Å². The number of H-pyrrole nitrogens is 1. The number of hydrogen-bond acceptors (Lipinski definition) is 3. The number of rotatable bonds is 5. The zero-order valence-corrected chi connectivity index (χ0v) is 15.7. The minimum atomic E-state index is -0.780. The Morgan fingerprint density at radius 2 is 2.04 bits per heavy atom. The lowest BCUT2D eigenvalue weighted by molar-refractivity contribution is -0.154. The van der Waals surface area contributed by atoms with Crippen molar-refractivity contribution in [2.45, 2.75) is 58.6 Å². The first-order valence-corrected chi connectivity index (χ1v) is 9.50. The van der Waals surface area contributed by atoms with Gasteiger partial charge >= 0.3 is 5.97 Å². The van der Waals surface area contributed by atoms with Gasteiger partial charge in [0.1, 0.15) is 0 Å². The molecular formula is C21H28N2O3. The highest BCUT2D eigenvalue weighted by atomic mass is 16.5. The molecular weight excluding hydrogens is 328 g/mol. The van der Waals surface area contributed by atoms with Crippen molar-refractivity contribution in [2.24, 2.45) is 11.8 Å². The van der Waals surface area contributed by atoms with Crippen LogP contribution in [0.1, 0.15) is 45.6 Å². The van der Waals surface area contributed by atoms with E-state index in [2.05, 4.69) is 24.1 Å². The summed E-state index contributed by atoms with van der Waals surface area (Å²) in [5.74, 6) is 0.460. The molecule has 26 heavy (non-hydrogen) atoms. The van der Waals surface area contributed by atoms with Crippen LogP contribution in [-0.4, -0.2) is 29.0 Å². The Hall–Kier alpha value is -2.30. The molecule has 1 heterocycles. The summed E-state index contributed by atoms with van der Waals surface area (Å²) in [5.41, 5.74) is 1.87. The standard InChI is InChI=1S/C21H28N2O3/c1-13-7-6-10-18(14(13)2)23-21(25)15(3)26-20(24)11-16-12-22-19-9-5-4-8-17(16)19/h4-5,8-9,12-15,18,22H,6-7,10-11H2,1-3H3,(H,23,25)/t13-,14+,15+,18-/m0/s1. The highest BCUT2D eigenvalue weighted by Crippen LogP contribution is 2.29. The molecule has 1 aliphatic rings. The number of hydrogen-bond donors (Lipinski definition) is 2. The van der Waals surface area contributed by atoms with E-state index in [-0.39, 0.29) is 24.3 Å². The summed E-state index contributed by atoms with van der Waals surface area (Å²) in [6.45, 7) is 6.05. The summed E-state index contributed by atoms with van der Waals surface area (Å²) in [4.78, 5) is 27.8. The number of carbonyl (C=O) groups excluding carboxylic acids is 2. The average Bonchev–Trinajstić information content (AvgIpc) is 3.02. The lowest BCUT2D eigenvalue weighted by atomic mass is 9.78. The number of benzene rings is 1. The van der Waals surface area contributed by atoms with Crippen molar-refractivity contribution < 1.29 is 14.3 Å². The summed E-state index contributed by atoms with van der Waals surface area (Å²) >= 11 is 0. The van der Waals surface area contributed by atoms with Crippen LogP contribution >= 0.6 is 0 Å². The molecule has 2 aromatic rings. The summed E-state index contributed by atoms with van der Waals surface area (Å²) in [6, 6.07) is 7.98. The third-order valence-corrected chi connectivity index (χ3v) is 5.72. The fourth-order valence-corrected chi connectivity index (χ4v) is 3.81. The van der Waals surface area contributed by atoms with Crippen LogP contribution < -0.4 is 5.32 Å². The lowest BCUT2D eigenvalue weighted by Gasteiger charge is -2.35. The van der Waals surface area contributed by atoms with Crippen molar-refractivity contribution >= 4 is 22.8 Å². The monoisotopic (exact) mass is 356 g/mol. The fourth-order valence-electron chi connectivity index (χ4n) is 3.81. The van der Waals surface area contributed by atoms with Gasteiger partial charge in [-0.2, -0.15) is 0 Å². The second-order valence-corrected chi connectivity index (χ2v) is 7.55. The highest BCUT2D eigenvalue weighted by molar-refractivity contribution is 5.88. The number of para-hydroxylation sites is 1. The van der Waals surface area contributed by atoms with E-state index in [1.807, 2.05) is 30.5 Å². The molecule has 0 unspecified atom stereocenters. The van der Waals surface area contributed by atoms with Gasteiger partial charge in [0.05, 0.1) is 6.42 Å². The van der Waals surface area contributed by atoms with Crippen molar-refractivity contribution in [3.05, 3.63) is 36.0 Å². The van der Waals surface area contributed by atoms with Crippen LogP contribution in [0.2, 0.25) is 0 Å². The van der Waals surface area contributed by atoms with Gasteiger partial charge in [-0.1, -0.05) is 44.9 Å². The third-order valence-electron chi connectivity index (χ3n) is 5.72. The molecule has 1 aliphatic carbocycles. The van der Waals surface area contributed by atoms with E-state index < -0.39 is 6.10 Å². The normalized spacial score (nSPS) is 24.2. The highest BCUT2D eigenvalue weighted by Gasteiger charge is 2.30. The van der Waals surface area contributed by atoms with E-state index in [1.165, 1.54) is 6.42 Å². The smallest absolute Gasteiger partial charge is 0.311 e. The van der Waals surface area contributed by atoms with Gasteiger partial charge < -0.3 is 15.0 Å². The van der Waals surface area contributed by atoms with Crippen LogP contribution in [0, 0.1) is 11.8 Å². The topological polar surface area (TPSA) is 71.2 Å². The molecule has 1 aromatic heterocycles. The zero-order valence-electron chi connectivity index (χ0n) is 15.7. The minimum Gasteiger partial charge on any atom is -0.452 e. The van der Waals surface area contributed by atoms with E-state index in [9.17, 15) is 9.59 Å². The van der Waals surface area contributed by atoms with Crippen LogP contribution in [-0.2, 0) is 20.7 Å². The summed E-state index contributed by atoms with van der Waals surface area (Å²) < 4.78 is 5.37. The maximum atomic E-state index is 12.4. The van der Waals surface area contributed by atoms with Gasteiger partial charge in [0, 0.05) is 23.1 Å². The Morgan fingerprint density at radius 3 is 2.85 bits per heavy atom. The van der Waals surface area contributed by atoms with Crippen molar-refractivity contribution in [1.29, 1.82) is 0 Å². The first kappa shape index (κ1) is 18.5. The summed E-state index contributed by atoms with van der Waals surface area (Å²) in [6.07, 6.45) is 4.53. The average molecular weight is 356 g/mol. The van der Waals surface area contributed by atoms with E-state index in [4.69, 9.17) is 4.74 Å². The minimum absolute atomic E-state index is 0.151. The van der Waals surface area contributed by atoms with Crippen LogP contribution in [0.25, 0.3) is 10.9 Å². The molecule has 3 rings (SSSR count). The first-order valence-electron chi connectivity index (χ1n) is 9.50. The third kappa shape index (κ3) is 4.09. The van der Waals surface area contributed by atoms with Gasteiger partial charge in [-0.05, 0) is 36.8 Å². The molecule has 2 N–H and O–H groups in total.